The Bertz CT molecular complexity index is 496. The fourth-order valence-electron chi connectivity index (χ4n) is 2.52. The van der Waals surface area contributed by atoms with Gasteiger partial charge in [0.05, 0.1) is 12.5 Å². The molecular weight excluding hydrogens is 292 g/mol. The van der Waals surface area contributed by atoms with Crippen LogP contribution in [-0.4, -0.2) is 24.1 Å². The third-order valence-electron chi connectivity index (χ3n) is 3.56. The zero-order valence-corrected chi connectivity index (χ0v) is 13.0. The lowest BCUT2D eigenvalue weighted by molar-refractivity contribution is -0.149. The maximum absolute atomic E-state index is 12.1. The van der Waals surface area contributed by atoms with Gasteiger partial charge >= 0.3 is 5.97 Å². The van der Waals surface area contributed by atoms with Gasteiger partial charge in [0.25, 0.3) is 0 Å². The lowest BCUT2D eigenvalue weighted by Crippen LogP contribution is -2.40. The average molecular weight is 311 g/mol. The SMILES string of the molecule is CC(=O)Cl.COC(=O)C1(c2ccccc2)CCC(=O)CC1. The van der Waals surface area contributed by atoms with Crippen molar-refractivity contribution in [1.29, 1.82) is 0 Å². The summed E-state index contributed by atoms with van der Waals surface area (Å²) < 4.78 is 4.93. The highest BCUT2D eigenvalue weighted by atomic mass is 35.5. The summed E-state index contributed by atoms with van der Waals surface area (Å²) in [5, 5.41) is -0.361. The standard InChI is InChI=1S/C14H16O3.C2H3ClO/c1-17-13(16)14(9-7-12(15)8-10-14)11-5-3-2-4-6-11;1-2(3)4/h2-6H,7-10H2,1H3;1H3. The second-order valence-electron chi connectivity index (χ2n) is 4.95. The molecule has 21 heavy (non-hydrogen) atoms. The molecule has 114 valence electrons. The van der Waals surface area contributed by atoms with E-state index >= 15 is 0 Å². The monoisotopic (exact) mass is 310 g/mol. The van der Waals surface area contributed by atoms with E-state index in [9.17, 15) is 14.4 Å². The molecule has 0 radical (unpaired) electrons. The Kier molecular flexibility index (Phi) is 6.56. The Morgan fingerprint density at radius 3 is 2.05 bits per heavy atom. The van der Waals surface area contributed by atoms with Crippen LogP contribution < -0.4 is 0 Å². The number of carbonyl (C=O) groups excluding carboxylic acids is 3. The van der Waals surface area contributed by atoms with E-state index < -0.39 is 5.41 Å². The van der Waals surface area contributed by atoms with Crippen LogP contribution in [0.2, 0.25) is 0 Å². The van der Waals surface area contributed by atoms with Crippen LogP contribution in [0.5, 0.6) is 0 Å². The summed E-state index contributed by atoms with van der Waals surface area (Å²) in [5.74, 6) is 0.0108. The van der Waals surface area contributed by atoms with Gasteiger partial charge in [-0.25, -0.2) is 0 Å². The van der Waals surface area contributed by atoms with Gasteiger partial charge in [0.1, 0.15) is 5.78 Å². The number of esters is 1. The highest BCUT2D eigenvalue weighted by Gasteiger charge is 2.43. The van der Waals surface area contributed by atoms with Crippen LogP contribution >= 0.6 is 11.6 Å². The molecule has 1 aromatic carbocycles. The summed E-state index contributed by atoms with van der Waals surface area (Å²) >= 11 is 4.64. The minimum absolute atomic E-state index is 0.226. The van der Waals surface area contributed by atoms with Gasteiger partial charge in [0, 0.05) is 19.8 Å². The Morgan fingerprint density at radius 2 is 1.62 bits per heavy atom. The molecule has 1 aromatic rings. The van der Waals surface area contributed by atoms with Crippen molar-refractivity contribution in [3.63, 3.8) is 0 Å². The molecule has 0 amide bonds. The first-order valence-corrected chi connectivity index (χ1v) is 7.12. The number of rotatable bonds is 2. The topological polar surface area (TPSA) is 60.4 Å². The van der Waals surface area contributed by atoms with Gasteiger partial charge in [0.2, 0.25) is 5.24 Å². The number of hydrogen-bond donors (Lipinski definition) is 0. The molecule has 1 aliphatic carbocycles. The van der Waals surface area contributed by atoms with E-state index in [4.69, 9.17) is 4.74 Å². The average Bonchev–Trinajstić information content (AvgIpc) is 2.48. The third-order valence-corrected chi connectivity index (χ3v) is 3.56. The summed E-state index contributed by atoms with van der Waals surface area (Å²) in [5.41, 5.74) is 0.337. The van der Waals surface area contributed by atoms with Gasteiger partial charge < -0.3 is 4.74 Å². The number of ether oxygens (including phenoxy) is 1. The Labute approximate surface area is 129 Å². The van der Waals surface area contributed by atoms with Gasteiger partial charge in [-0.3, -0.25) is 14.4 Å². The second-order valence-corrected chi connectivity index (χ2v) is 5.48. The number of halogens is 1. The van der Waals surface area contributed by atoms with Crippen molar-refractivity contribution in [2.45, 2.75) is 38.0 Å². The molecular formula is C16H19ClO4. The lowest BCUT2D eigenvalue weighted by atomic mass is 9.69. The number of ketones is 1. The number of methoxy groups -OCH3 is 1. The van der Waals surface area contributed by atoms with Crippen LogP contribution in [0.15, 0.2) is 30.3 Å². The first-order valence-electron chi connectivity index (χ1n) is 6.74. The molecule has 0 bridgehead atoms. The third kappa shape index (κ3) is 4.67. The van der Waals surface area contributed by atoms with Gasteiger partial charge in [-0.05, 0) is 30.0 Å². The molecule has 5 heteroatoms. The van der Waals surface area contributed by atoms with E-state index in [1.165, 1.54) is 14.0 Å². The van der Waals surface area contributed by atoms with Crippen LogP contribution in [-0.2, 0) is 24.5 Å². The van der Waals surface area contributed by atoms with Crippen molar-refractivity contribution in [1.82, 2.24) is 0 Å². The first kappa shape index (κ1) is 17.4. The van der Waals surface area contributed by atoms with Gasteiger partial charge in [0.15, 0.2) is 0 Å². The van der Waals surface area contributed by atoms with Crippen LogP contribution in [0, 0.1) is 0 Å². The summed E-state index contributed by atoms with van der Waals surface area (Å²) in [6.07, 6.45) is 2.04. The molecule has 0 unspecified atom stereocenters. The van der Waals surface area contributed by atoms with Crippen molar-refractivity contribution >= 4 is 28.6 Å². The normalized spacial score (nSPS) is 16.4. The summed E-state index contributed by atoms with van der Waals surface area (Å²) in [6, 6.07) is 9.62. The molecule has 4 nitrogen and oxygen atoms in total. The highest BCUT2D eigenvalue weighted by molar-refractivity contribution is 6.62. The molecule has 1 aliphatic rings. The predicted molar refractivity (Wildman–Crippen MR) is 80.1 cm³/mol. The minimum Gasteiger partial charge on any atom is -0.468 e. The molecule has 0 heterocycles. The van der Waals surface area contributed by atoms with Crippen LogP contribution in [0.4, 0.5) is 0 Å². The summed E-state index contributed by atoms with van der Waals surface area (Å²) in [7, 11) is 1.41. The molecule has 0 N–H and O–H groups in total. The molecule has 0 saturated heterocycles. The van der Waals surface area contributed by atoms with Gasteiger partial charge in [-0.2, -0.15) is 0 Å². The van der Waals surface area contributed by atoms with Gasteiger partial charge in [-0.15, -0.1) is 0 Å². The number of benzene rings is 1. The van der Waals surface area contributed by atoms with Crippen LogP contribution in [0.1, 0.15) is 38.2 Å². The number of Topliss-reactive ketones (excluding diaryl/α,β-unsaturated/α-hetero) is 1. The van der Waals surface area contributed by atoms with E-state index in [0.29, 0.717) is 25.7 Å². The van der Waals surface area contributed by atoms with Crippen LogP contribution in [0.3, 0.4) is 0 Å². The Hall–Kier alpha value is -1.68. The molecule has 1 saturated carbocycles. The smallest absolute Gasteiger partial charge is 0.316 e. The van der Waals surface area contributed by atoms with E-state index in [-0.39, 0.29) is 17.0 Å². The van der Waals surface area contributed by atoms with Crippen molar-refractivity contribution in [3.05, 3.63) is 35.9 Å². The van der Waals surface area contributed by atoms with E-state index in [1.807, 2.05) is 30.3 Å². The molecule has 0 spiro atoms. The van der Waals surface area contributed by atoms with Crippen molar-refractivity contribution in [2.24, 2.45) is 0 Å². The largest absolute Gasteiger partial charge is 0.468 e. The minimum atomic E-state index is -0.621. The zero-order valence-electron chi connectivity index (χ0n) is 12.2. The molecule has 0 aliphatic heterocycles. The van der Waals surface area contributed by atoms with Gasteiger partial charge in [-0.1, -0.05) is 30.3 Å². The maximum Gasteiger partial charge on any atom is 0.316 e. The van der Waals surface area contributed by atoms with E-state index in [2.05, 4.69) is 11.6 Å². The number of carbonyl (C=O) groups is 3. The van der Waals surface area contributed by atoms with Crippen LogP contribution in [0.25, 0.3) is 0 Å². The Balaban J connectivity index is 0.000000491. The number of hydrogen-bond acceptors (Lipinski definition) is 4. The van der Waals surface area contributed by atoms with Crippen molar-refractivity contribution in [3.8, 4) is 0 Å². The lowest BCUT2D eigenvalue weighted by Gasteiger charge is -2.34. The Morgan fingerprint density at radius 1 is 1.14 bits per heavy atom. The highest BCUT2D eigenvalue weighted by Crippen LogP contribution is 2.39. The maximum atomic E-state index is 12.1. The molecule has 2 rings (SSSR count). The summed E-state index contributed by atoms with van der Waals surface area (Å²) in [6.45, 7) is 1.29. The molecule has 0 aromatic heterocycles. The molecule has 1 fully saturated rings. The van der Waals surface area contributed by atoms with Crippen molar-refractivity contribution in [2.75, 3.05) is 7.11 Å². The quantitative estimate of drug-likeness (QED) is 0.622. The molecule has 0 atom stereocenters. The fourth-order valence-corrected chi connectivity index (χ4v) is 2.52. The first-order chi connectivity index (χ1) is 9.92. The van der Waals surface area contributed by atoms with E-state index in [1.54, 1.807) is 0 Å². The zero-order chi connectivity index (χ0) is 15.9. The van der Waals surface area contributed by atoms with E-state index in [0.717, 1.165) is 5.56 Å². The fraction of sp³-hybridized carbons (Fsp3) is 0.438. The summed E-state index contributed by atoms with van der Waals surface area (Å²) in [4.78, 5) is 32.6. The van der Waals surface area contributed by atoms with Crippen molar-refractivity contribution < 1.29 is 19.1 Å². The second kappa shape index (κ2) is 7.93. The predicted octanol–water partition coefficient (Wildman–Crippen LogP) is 3.01.